The number of rotatable bonds is 1. The van der Waals surface area contributed by atoms with Gasteiger partial charge in [0, 0.05) is 12.1 Å². The minimum absolute atomic E-state index is 0.0855. The first kappa shape index (κ1) is 13.7. The van der Waals surface area contributed by atoms with Gasteiger partial charge in [0.05, 0.1) is 22.8 Å². The Bertz CT molecular complexity index is 447. The smallest absolute Gasteiger partial charge is 0.0950 e. The first-order chi connectivity index (χ1) is 9.19. The summed E-state index contributed by atoms with van der Waals surface area (Å²) in [6, 6.07) is 5.75. The maximum atomic E-state index is 6.09. The second kappa shape index (κ2) is 5.61. The van der Waals surface area contributed by atoms with Gasteiger partial charge in [-0.25, -0.2) is 0 Å². The van der Waals surface area contributed by atoms with Crippen molar-refractivity contribution in [3.8, 4) is 0 Å². The SMILES string of the molecule is Clc1ccc(C2CNC3(CCCCC3)CO2)cc1Cl. The lowest BCUT2D eigenvalue weighted by atomic mass is 9.81. The van der Waals surface area contributed by atoms with Crippen LogP contribution < -0.4 is 5.32 Å². The molecule has 1 aromatic carbocycles. The molecular weight excluding hydrogens is 281 g/mol. The normalized spacial score (nSPS) is 26.5. The molecule has 0 radical (unpaired) electrons. The molecule has 1 saturated heterocycles. The summed E-state index contributed by atoms with van der Waals surface area (Å²) in [5.41, 5.74) is 1.33. The van der Waals surface area contributed by atoms with Gasteiger partial charge in [-0.2, -0.15) is 0 Å². The molecule has 1 atom stereocenters. The number of hydrogen-bond donors (Lipinski definition) is 1. The molecule has 1 heterocycles. The van der Waals surface area contributed by atoms with Gasteiger partial charge in [0.2, 0.25) is 0 Å². The van der Waals surface area contributed by atoms with Crippen LogP contribution in [0.1, 0.15) is 43.8 Å². The van der Waals surface area contributed by atoms with Crippen molar-refractivity contribution in [1.29, 1.82) is 0 Å². The van der Waals surface area contributed by atoms with E-state index in [1.54, 1.807) is 0 Å². The molecule has 1 aromatic rings. The van der Waals surface area contributed by atoms with Gasteiger partial charge < -0.3 is 10.1 Å². The zero-order valence-electron chi connectivity index (χ0n) is 10.9. The van der Waals surface area contributed by atoms with Crippen LogP contribution in [-0.4, -0.2) is 18.7 Å². The third-order valence-electron chi connectivity index (χ3n) is 4.35. The van der Waals surface area contributed by atoms with Crippen molar-refractivity contribution in [2.24, 2.45) is 0 Å². The zero-order chi connectivity index (χ0) is 13.3. The fourth-order valence-electron chi connectivity index (χ4n) is 3.16. The van der Waals surface area contributed by atoms with Crippen molar-refractivity contribution in [3.63, 3.8) is 0 Å². The summed E-state index contributed by atoms with van der Waals surface area (Å²) in [7, 11) is 0. The summed E-state index contributed by atoms with van der Waals surface area (Å²) in [5.74, 6) is 0. The van der Waals surface area contributed by atoms with Crippen molar-refractivity contribution in [1.82, 2.24) is 5.32 Å². The lowest BCUT2D eigenvalue weighted by molar-refractivity contribution is -0.0466. The highest BCUT2D eigenvalue weighted by Gasteiger charge is 2.36. The van der Waals surface area contributed by atoms with Gasteiger partial charge in [-0.1, -0.05) is 48.5 Å². The summed E-state index contributed by atoms with van der Waals surface area (Å²) in [6.07, 6.45) is 6.55. The monoisotopic (exact) mass is 299 g/mol. The van der Waals surface area contributed by atoms with E-state index in [9.17, 15) is 0 Å². The molecule has 0 bridgehead atoms. The van der Waals surface area contributed by atoms with Gasteiger partial charge in [-0.05, 0) is 30.5 Å². The van der Waals surface area contributed by atoms with E-state index in [1.165, 1.54) is 32.1 Å². The largest absolute Gasteiger partial charge is 0.370 e. The molecule has 3 rings (SSSR count). The van der Waals surface area contributed by atoms with Crippen molar-refractivity contribution in [2.75, 3.05) is 13.2 Å². The predicted octanol–water partition coefficient (Wildman–Crippen LogP) is 4.36. The fraction of sp³-hybridized carbons (Fsp3) is 0.600. The molecule has 2 fully saturated rings. The molecule has 1 aliphatic carbocycles. The minimum atomic E-state index is 0.0855. The fourth-order valence-corrected chi connectivity index (χ4v) is 3.46. The van der Waals surface area contributed by atoms with E-state index < -0.39 is 0 Å². The van der Waals surface area contributed by atoms with Crippen LogP contribution in [0.4, 0.5) is 0 Å². The van der Waals surface area contributed by atoms with Gasteiger partial charge in [-0.15, -0.1) is 0 Å². The lowest BCUT2D eigenvalue weighted by Crippen LogP contribution is -2.55. The highest BCUT2D eigenvalue weighted by Crippen LogP contribution is 2.35. The van der Waals surface area contributed by atoms with Crippen molar-refractivity contribution < 1.29 is 4.74 Å². The quantitative estimate of drug-likeness (QED) is 0.832. The van der Waals surface area contributed by atoms with Gasteiger partial charge in [0.1, 0.15) is 0 Å². The van der Waals surface area contributed by atoms with Crippen LogP contribution in [0.3, 0.4) is 0 Å². The molecular formula is C15H19Cl2NO. The summed E-state index contributed by atoms with van der Waals surface area (Å²) >= 11 is 12.0. The molecule has 1 spiro atoms. The van der Waals surface area contributed by atoms with E-state index in [2.05, 4.69) is 5.32 Å². The molecule has 0 aromatic heterocycles. The van der Waals surface area contributed by atoms with Gasteiger partial charge >= 0.3 is 0 Å². The molecule has 104 valence electrons. The van der Waals surface area contributed by atoms with E-state index in [0.29, 0.717) is 10.0 Å². The van der Waals surface area contributed by atoms with Crippen LogP contribution in [0, 0.1) is 0 Å². The summed E-state index contributed by atoms with van der Waals surface area (Å²) in [6.45, 7) is 1.66. The maximum absolute atomic E-state index is 6.09. The second-order valence-electron chi connectivity index (χ2n) is 5.70. The molecule has 1 saturated carbocycles. The van der Waals surface area contributed by atoms with Crippen LogP contribution >= 0.6 is 23.2 Å². The summed E-state index contributed by atoms with van der Waals surface area (Å²) in [5, 5.41) is 4.91. The average molecular weight is 300 g/mol. The second-order valence-corrected chi connectivity index (χ2v) is 6.51. The van der Waals surface area contributed by atoms with Crippen LogP contribution in [0.2, 0.25) is 10.0 Å². The topological polar surface area (TPSA) is 21.3 Å². The molecule has 1 unspecified atom stereocenters. The van der Waals surface area contributed by atoms with E-state index >= 15 is 0 Å². The Morgan fingerprint density at radius 1 is 1.11 bits per heavy atom. The van der Waals surface area contributed by atoms with Crippen LogP contribution in [0.5, 0.6) is 0 Å². The van der Waals surface area contributed by atoms with E-state index in [0.717, 1.165) is 18.7 Å². The lowest BCUT2D eigenvalue weighted by Gasteiger charge is -2.43. The van der Waals surface area contributed by atoms with Crippen LogP contribution in [-0.2, 0) is 4.74 Å². The average Bonchev–Trinajstić information content (AvgIpc) is 2.44. The van der Waals surface area contributed by atoms with E-state index in [-0.39, 0.29) is 11.6 Å². The Balaban J connectivity index is 1.67. The number of nitrogens with one attached hydrogen (secondary N) is 1. The minimum Gasteiger partial charge on any atom is -0.370 e. The van der Waals surface area contributed by atoms with Crippen molar-refractivity contribution >= 4 is 23.2 Å². The Morgan fingerprint density at radius 2 is 1.89 bits per heavy atom. The van der Waals surface area contributed by atoms with Crippen LogP contribution in [0.25, 0.3) is 0 Å². The highest BCUT2D eigenvalue weighted by molar-refractivity contribution is 6.42. The molecule has 2 aliphatic rings. The number of halogens is 2. The number of benzene rings is 1. The first-order valence-corrected chi connectivity index (χ1v) is 7.76. The molecule has 4 heteroatoms. The summed E-state index contributed by atoms with van der Waals surface area (Å²) in [4.78, 5) is 0. The van der Waals surface area contributed by atoms with E-state index in [4.69, 9.17) is 27.9 Å². The predicted molar refractivity (Wildman–Crippen MR) is 79.0 cm³/mol. The highest BCUT2D eigenvalue weighted by atomic mass is 35.5. The third-order valence-corrected chi connectivity index (χ3v) is 5.09. The molecule has 2 nitrogen and oxygen atoms in total. The van der Waals surface area contributed by atoms with Crippen molar-refractivity contribution in [3.05, 3.63) is 33.8 Å². The van der Waals surface area contributed by atoms with Crippen molar-refractivity contribution in [2.45, 2.75) is 43.7 Å². The molecule has 1 N–H and O–H groups in total. The Morgan fingerprint density at radius 3 is 2.53 bits per heavy atom. The maximum Gasteiger partial charge on any atom is 0.0950 e. The van der Waals surface area contributed by atoms with Gasteiger partial charge in [-0.3, -0.25) is 0 Å². The number of ether oxygens (including phenoxy) is 1. The van der Waals surface area contributed by atoms with E-state index in [1.807, 2.05) is 18.2 Å². The number of morpholine rings is 1. The Kier molecular flexibility index (Phi) is 4.04. The zero-order valence-corrected chi connectivity index (χ0v) is 12.4. The number of hydrogen-bond acceptors (Lipinski definition) is 2. The van der Waals surface area contributed by atoms with Gasteiger partial charge in [0.25, 0.3) is 0 Å². The van der Waals surface area contributed by atoms with Crippen LogP contribution in [0.15, 0.2) is 18.2 Å². The Hall–Kier alpha value is -0.280. The molecule has 0 amide bonds. The Labute approximate surface area is 124 Å². The molecule has 1 aliphatic heterocycles. The summed E-state index contributed by atoms with van der Waals surface area (Å²) < 4.78 is 6.09. The molecule has 19 heavy (non-hydrogen) atoms. The first-order valence-electron chi connectivity index (χ1n) is 7.00. The standard InChI is InChI=1S/C15H19Cl2NO/c16-12-5-4-11(8-13(12)17)14-9-18-15(10-19-14)6-2-1-3-7-15/h4-5,8,14,18H,1-3,6-7,9-10H2. The van der Waals surface area contributed by atoms with Gasteiger partial charge in [0.15, 0.2) is 0 Å². The third kappa shape index (κ3) is 2.92.